The lowest BCUT2D eigenvalue weighted by molar-refractivity contribution is -0.384. The van der Waals surface area contributed by atoms with Gasteiger partial charge in [0.05, 0.1) is 10.4 Å². The number of nitro groups is 1. The Morgan fingerprint density at radius 1 is 1.48 bits per heavy atom. The molecule has 1 atom stereocenters. The van der Waals surface area contributed by atoms with Crippen LogP contribution >= 0.6 is 15.9 Å². The van der Waals surface area contributed by atoms with Crippen LogP contribution in [0, 0.1) is 15.5 Å². The first-order chi connectivity index (χ1) is 10.8. The van der Waals surface area contributed by atoms with E-state index in [2.05, 4.69) is 39.7 Å². The summed E-state index contributed by atoms with van der Waals surface area (Å²) >= 11 is 3.45. The lowest BCUT2D eigenvalue weighted by Gasteiger charge is -2.43. The van der Waals surface area contributed by atoms with Crippen LogP contribution in [0.15, 0.2) is 28.9 Å². The second-order valence-corrected chi connectivity index (χ2v) is 7.63. The van der Waals surface area contributed by atoms with Gasteiger partial charge in [0.1, 0.15) is 11.9 Å². The van der Waals surface area contributed by atoms with Crippen molar-refractivity contribution in [3.8, 4) is 0 Å². The fourth-order valence-electron chi connectivity index (χ4n) is 3.17. The molecule has 1 unspecified atom stereocenters. The summed E-state index contributed by atoms with van der Waals surface area (Å²) in [6.45, 7) is 5.60. The number of fused-ring (bicyclic) bond motifs is 1. The molecule has 122 valence electrons. The SMILES string of the molecule is CC1(C)CN(c2c([N+](=O)[O-])cnc3ccc(Br)cc23)CCC1N. The van der Waals surface area contributed by atoms with Crippen LogP contribution in [0.4, 0.5) is 11.4 Å². The van der Waals surface area contributed by atoms with E-state index in [-0.39, 0.29) is 22.1 Å². The first-order valence-corrected chi connectivity index (χ1v) is 8.32. The predicted molar refractivity (Wildman–Crippen MR) is 94.7 cm³/mol. The van der Waals surface area contributed by atoms with Crippen molar-refractivity contribution in [1.29, 1.82) is 0 Å². The zero-order valence-corrected chi connectivity index (χ0v) is 14.7. The number of pyridine rings is 1. The number of hydrogen-bond acceptors (Lipinski definition) is 5. The van der Waals surface area contributed by atoms with Gasteiger partial charge in [-0.1, -0.05) is 29.8 Å². The topological polar surface area (TPSA) is 85.3 Å². The maximum Gasteiger partial charge on any atom is 0.311 e. The average molecular weight is 379 g/mol. The number of piperidine rings is 1. The molecule has 6 nitrogen and oxygen atoms in total. The highest BCUT2D eigenvalue weighted by Crippen LogP contribution is 2.40. The van der Waals surface area contributed by atoms with E-state index in [1.807, 2.05) is 18.2 Å². The van der Waals surface area contributed by atoms with Crippen LogP contribution in [0.2, 0.25) is 0 Å². The molecule has 0 radical (unpaired) electrons. The van der Waals surface area contributed by atoms with Crippen molar-refractivity contribution in [1.82, 2.24) is 4.98 Å². The van der Waals surface area contributed by atoms with Crippen molar-refractivity contribution in [3.05, 3.63) is 39.0 Å². The quantitative estimate of drug-likeness (QED) is 0.638. The van der Waals surface area contributed by atoms with Crippen LogP contribution in [0.25, 0.3) is 10.9 Å². The minimum atomic E-state index is -0.357. The minimum absolute atomic E-state index is 0.0434. The Balaban J connectivity index is 2.19. The summed E-state index contributed by atoms with van der Waals surface area (Å²) in [4.78, 5) is 17.5. The second kappa shape index (κ2) is 5.72. The third-order valence-corrected chi connectivity index (χ3v) is 5.10. The van der Waals surface area contributed by atoms with Crippen molar-refractivity contribution < 1.29 is 4.92 Å². The molecule has 0 spiro atoms. The Hall–Kier alpha value is -1.73. The third-order valence-electron chi connectivity index (χ3n) is 4.61. The first kappa shape index (κ1) is 16.1. The number of hydrogen-bond donors (Lipinski definition) is 1. The monoisotopic (exact) mass is 378 g/mol. The third kappa shape index (κ3) is 2.90. The highest BCUT2D eigenvalue weighted by molar-refractivity contribution is 9.10. The van der Waals surface area contributed by atoms with Gasteiger partial charge < -0.3 is 10.6 Å². The Kier molecular flexibility index (Phi) is 4.01. The zero-order chi connectivity index (χ0) is 16.8. The highest BCUT2D eigenvalue weighted by Gasteiger charge is 2.36. The van der Waals surface area contributed by atoms with E-state index in [4.69, 9.17) is 5.73 Å². The molecule has 1 saturated heterocycles. The molecule has 2 heterocycles. The van der Waals surface area contributed by atoms with Crippen molar-refractivity contribution >= 4 is 38.2 Å². The van der Waals surface area contributed by atoms with Crippen LogP contribution in [0.1, 0.15) is 20.3 Å². The number of aromatic nitrogens is 1. The van der Waals surface area contributed by atoms with Crippen molar-refractivity contribution in [2.75, 3.05) is 18.0 Å². The number of benzene rings is 1. The van der Waals surface area contributed by atoms with Gasteiger partial charge in [-0.15, -0.1) is 0 Å². The number of nitrogens with zero attached hydrogens (tertiary/aromatic N) is 3. The van der Waals surface area contributed by atoms with E-state index in [1.165, 1.54) is 6.20 Å². The summed E-state index contributed by atoms with van der Waals surface area (Å²) in [7, 11) is 0. The molecule has 0 aliphatic carbocycles. The summed E-state index contributed by atoms with van der Waals surface area (Å²) in [5.74, 6) is 0. The average Bonchev–Trinajstić information content (AvgIpc) is 2.48. The van der Waals surface area contributed by atoms with Gasteiger partial charge in [0, 0.05) is 29.0 Å². The fourth-order valence-corrected chi connectivity index (χ4v) is 3.53. The lowest BCUT2D eigenvalue weighted by atomic mass is 9.79. The molecule has 2 aromatic rings. The van der Waals surface area contributed by atoms with Crippen LogP contribution in [0.3, 0.4) is 0 Å². The van der Waals surface area contributed by atoms with E-state index < -0.39 is 0 Å². The molecule has 0 amide bonds. The van der Waals surface area contributed by atoms with Gasteiger partial charge in [-0.2, -0.15) is 0 Å². The van der Waals surface area contributed by atoms with E-state index in [9.17, 15) is 10.1 Å². The summed E-state index contributed by atoms with van der Waals surface area (Å²) < 4.78 is 0.876. The number of rotatable bonds is 2. The molecule has 1 aromatic carbocycles. The Morgan fingerprint density at radius 3 is 2.87 bits per heavy atom. The van der Waals surface area contributed by atoms with Gasteiger partial charge in [0.2, 0.25) is 0 Å². The number of nitrogens with two attached hydrogens (primary N) is 1. The molecule has 1 aliphatic heterocycles. The Labute approximate surface area is 143 Å². The van der Waals surface area contributed by atoms with Gasteiger partial charge >= 0.3 is 5.69 Å². The summed E-state index contributed by atoms with van der Waals surface area (Å²) in [5.41, 5.74) is 7.54. The maximum absolute atomic E-state index is 11.5. The molecule has 0 saturated carbocycles. The van der Waals surface area contributed by atoms with Crippen LogP contribution in [0.5, 0.6) is 0 Å². The maximum atomic E-state index is 11.5. The smallest absolute Gasteiger partial charge is 0.311 e. The van der Waals surface area contributed by atoms with Gasteiger partial charge in [-0.25, -0.2) is 4.98 Å². The first-order valence-electron chi connectivity index (χ1n) is 7.53. The van der Waals surface area contributed by atoms with Crippen molar-refractivity contribution in [3.63, 3.8) is 0 Å². The van der Waals surface area contributed by atoms with Crippen LogP contribution in [-0.2, 0) is 0 Å². The largest absolute Gasteiger partial charge is 0.365 e. The Bertz CT molecular complexity index is 778. The molecule has 7 heteroatoms. The standard InChI is InChI=1S/C16H19BrN4O2/c1-16(2)9-20(6-5-14(16)18)15-11-7-10(17)3-4-12(11)19-8-13(15)21(22)23/h3-4,7-8,14H,5-6,9,18H2,1-2H3. The molecule has 2 N–H and O–H groups in total. The van der Waals surface area contributed by atoms with E-state index in [1.54, 1.807) is 0 Å². The van der Waals surface area contributed by atoms with E-state index >= 15 is 0 Å². The van der Waals surface area contributed by atoms with Gasteiger partial charge in [-0.3, -0.25) is 10.1 Å². The van der Waals surface area contributed by atoms with Gasteiger partial charge in [0.15, 0.2) is 0 Å². The molecule has 1 aromatic heterocycles. The fraction of sp³-hybridized carbons (Fsp3) is 0.438. The summed E-state index contributed by atoms with van der Waals surface area (Å²) in [6, 6.07) is 5.75. The lowest BCUT2D eigenvalue weighted by Crippen LogP contribution is -2.52. The zero-order valence-electron chi connectivity index (χ0n) is 13.1. The molecule has 1 fully saturated rings. The second-order valence-electron chi connectivity index (χ2n) is 6.72. The predicted octanol–water partition coefficient (Wildman–Crippen LogP) is 3.47. The van der Waals surface area contributed by atoms with Crippen LogP contribution < -0.4 is 10.6 Å². The number of halogens is 1. The molecular weight excluding hydrogens is 360 g/mol. The van der Waals surface area contributed by atoms with E-state index in [0.717, 1.165) is 21.8 Å². The number of anilines is 1. The highest BCUT2D eigenvalue weighted by atomic mass is 79.9. The minimum Gasteiger partial charge on any atom is -0.365 e. The Morgan fingerprint density at radius 2 is 2.22 bits per heavy atom. The van der Waals surface area contributed by atoms with E-state index in [0.29, 0.717) is 18.8 Å². The summed E-state index contributed by atoms with van der Waals surface area (Å²) in [6.07, 6.45) is 2.16. The normalized spacial score (nSPS) is 20.7. The molecule has 0 bridgehead atoms. The molecule has 1 aliphatic rings. The van der Waals surface area contributed by atoms with Crippen LogP contribution in [-0.4, -0.2) is 29.0 Å². The van der Waals surface area contributed by atoms with Crippen molar-refractivity contribution in [2.24, 2.45) is 11.1 Å². The van der Waals surface area contributed by atoms with Crippen molar-refractivity contribution in [2.45, 2.75) is 26.3 Å². The molecule has 3 rings (SSSR count). The molecular formula is C16H19BrN4O2. The van der Waals surface area contributed by atoms with Gasteiger partial charge in [0.25, 0.3) is 0 Å². The molecule has 23 heavy (non-hydrogen) atoms. The summed E-state index contributed by atoms with van der Waals surface area (Å²) in [5, 5.41) is 12.3. The van der Waals surface area contributed by atoms with Gasteiger partial charge in [-0.05, 0) is 30.0 Å².